The van der Waals surface area contributed by atoms with Crippen molar-refractivity contribution in [1.82, 2.24) is 0 Å². The van der Waals surface area contributed by atoms with Crippen molar-refractivity contribution in [3.63, 3.8) is 0 Å². The van der Waals surface area contributed by atoms with E-state index in [4.69, 9.17) is 5.53 Å². The Morgan fingerprint density at radius 2 is 1.86 bits per heavy atom. The number of carbonyl (C=O) groups excluding carboxylic acids is 2. The van der Waals surface area contributed by atoms with E-state index in [1.165, 1.54) is 0 Å². The average Bonchev–Trinajstić information content (AvgIpc) is 2.19. The van der Waals surface area contributed by atoms with Crippen LogP contribution in [-0.4, -0.2) is 22.8 Å². The molecule has 1 rings (SSSR count). The molecule has 0 aromatic carbocycles. The Hall–Kier alpha value is -1.48. The summed E-state index contributed by atoms with van der Waals surface area (Å²) in [5, 5.41) is 10.9. The number of aliphatic carboxylic acids is 1. The van der Waals surface area contributed by atoms with Gasteiger partial charge in [0.15, 0.2) is 0 Å². The number of Topliss-reactive ketones (excluding diaryl/α,β-unsaturated/α-hetero) is 1. The van der Waals surface area contributed by atoms with Gasteiger partial charge in [-0.3, -0.25) is 4.79 Å². The maximum atomic E-state index is 11.5. The molecule has 0 aromatic heterocycles. The van der Waals surface area contributed by atoms with E-state index in [0.717, 1.165) is 12.6 Å². The lowest BCUT2D eigenvalue weighted by Crippen LogP contribution is -2.49. The van der Waals surface area contributed by atoms with Crippen LogP contribution >= 0.6 is 0 Å². The third-order valence-corrected chi connectivity index (χ3v) is 2.75. The molecule has 0 bridgehead atoms. The monoisotopic (exact) mass is 196 g/mol. The van der Waals surface area contributed by atoms with E-state index in [1.807, 2.05) is 0 Å². The van der Waals surface area contributed by atoms with Gasteiger partial charge in [-0.1, -0.05) is 19.3 Å². The Morgan fingerprint density at radius 1 is 1.29 bits per heavy atom. The molecule has 0 aromatic rings. The fourth-order valence-electron chi connectivity index (χ4n) is 1.89. The van der Waals surface area contributed by atoms with Crippen LogP contribution in [0.25, 0.3) is 0 Å². The molecule has 0 heterocycles. The molecule has 0 unspecified atom stereocenters. The molecule has 0 saturated heterocycles. The van der Waals surface area contributed by atoms with Gasteiger partial charge in [0.25, 0.3) is 5.78 Å². The van der Waals surface area contributed by atoms with Crippen LogP contribution in [0.2, 0.25) is 0 Å². The van der Waals surface area contributed by atoms with Gasteiger partial charge in [-0.05, 0) is 12.8 Å². The molecule has 1 N–H and O–H groups in total. The summed E-state index contributed by atoms with van der Waals surface area (Å²) in [6.07, 6.45) is 3.75. The third kappa shape index (κ3) is 1.72. The number of nitrogens with zero attached hydrogens (tertiary/aromatic N) is 1. The van der Waals surface area contributed by atoms with E-state index in [9.17, 15) is 14.7 Å². The summed E-state index contributed by atoms with van der Waals surface area (Å²) in [7, 11) is 0. The molecular formula is C9H12N2O3. The molecule has 5 heteroatoms. The summed E-state index contributed by atoms with van der Waals surface area (Å²) in [4.78, 5) is 25.2. The summed E-state index contributed by atoms with van der Waals surface area (Å²) in [6.45, 7) is 0. The summed E-state index contributed by atoms with van der Waals surface area (Å²) in [5.74, 6) is -1.94. The number of hydrogen-bond donors (Lipinski definition) is 1. The first kappa shape index (κ1) is 10.6. The Balaban J connectivity index is 2.96. The van der Waals surface area contributed by atoms with E-state index < -0.39 is 17.2 Å². The number of ketones is 1. The zero-order valence-electron chi connectivity index (χ0n) is 7.78. The SMILES string of the molecule is N=[N+]=CC(=O)C1(C(=O)[O-])CCCCC1. The molecule has 0 atom stereocenters. The van der Waals surface area contributed by atoms with Crippen molar-refractivity contribution in [2.45, 2.75) is 32.1 Å². The number of carboxylic acids is 1. The van der Waals surface area contributed by atoms with E-state index in [0.29, 0.717) is 25.7 Å². The molecule has 1 saturated carbocycles. The predicted octanol–water partition coefficient (Wildman–Crippen LogP) is -0.434. The Kier molecular flexibility index (Phi) is 3.14. The fourth-order valence-corrected chi connectivity index (χ4v) is 1.89. The van der Waals surface area contributed by atoms with Gasteiger partial charge in [-0.15, -0.1) is 0 Å². The van der Waals surface area contributed by atoms with Crippen molar-refractivity contribution in [2.24, 2.45) is 5.41 Å². The minimum absolute atomic E-state index is 0.306. The summed E-state index contributed by atoms with van der Waals surface area (Å²) in [5.41, 5.74) is 5.10. The Bertz CT molecular complexity index is 299. The smallest absolute Gasteiger partial charge is 0.373 e. The second-order valence-corrected chi connectivity index (χ2v) is 3.55. The first-order valence-corrected chi connectivity index (χ1v) is 4.59. The molecular weight excluding hydrogens is 184 g/mol. The lowest BCUT2D eigenvalue weighted by molar-refractivity contribution is -0.318. The molecule has 14 heavy (non-hydrogen) atoms. The zero-order valence-corrected chi connectivity index (χ0v) is 7.78. The average molecular weight is 196 g/mol. The van der Waals surface area contributed by atoms with Crippen LogP contribution in [0.3, 0.4) is 0 Å². The molecule has 0 radical (unpaired) electrons. The minimum atomic E-state index is -1.41. The van der Waals surface area contributed by atoms with Crippen molar-refractivity contribution >= 4 is 18.0 Å². The summed E-state index contributed by atoms with van der Waals surface area (Å²) >= 11 is 0. The van der Waals surface area contributed by atoms with Crippen LogP contribution in [0.5, 0.6) is 0 Å². The highest BCUT2D eigenvalue weighted by molar-refractivity contribution is 6.32. The molecule has 0 spiro atoms. The second kappa shape index (κ2) is 4.15. The first-order valence-electron chi connectivity index (χ1n) is 4.59. The van der Waals surface area contributed by atoms with Crippen LogP contribution in [0.15, 0.2) is 0 Å². The number of carbonyl (C=O) groups is 2. The molecule has 0 amide bonds. The molecule has 1 aliphatic carbocycles. The maximum absolute atomic E-state index is 11.5. The van der Waals surface area contributed by atoms with Gasteiger partial charge < -0.3 is 9.90 Å². The Labute approximate surface area is 81.4 Å². The fraction of sp³-hybridized carbons (Fsp3) is 0.667. The van der Waals surface area contributed by atoms with Gasteiger partial charge in [0.2, 0.25) is 0 Å². The lowest BCUT2D eigenvalue weighted by Gasteiger charge is -2.33. The number of rotatable bonds is 3. The van der Waals surface area contributed by atoms with Gasteiger partial charge >= 0.3 is 6.21 Å². The number of carboxylic acid groups (broad SMARTS) is 1. The second-order valence-electron chi connectivity index (χ2n) is 3.55. The van der Waals surface area contributed by atoms with Crippen LogP contribution in [-0.2, 0) is 9.59 Å². The minimum Gasteiger partial charge on any atom is -0.549 e. The van der Waals surface area contributed by atoms with E-state index in [-0.39, 0.29) is 0 Å². The van der Waals surface area contributed by atoms with Crippen LogP contribution < -0.4 is 5.11 Å². The molecule has 76 valence electrons. The summed E-state index contributed by atoms with van der Waals surface area (Å²) in [6, 6.07) is 0. The topological polar surface area (TPSA) is 95.2 Å². The van der Waals surface area contributed by atoms with Gasteiger partial charge in [0, 0.05) is 0 Å². The maximum Gasteiger partial charge on any atom is 0.373 e. The van der Waals surface area contributed by atoms with Gasteiger partial charge in [-0.2, -0.15) is 0 Å². The lowest BCUT2D eigenvalue weighted by atomic mass is 9.71. The van der Waals surface area contributed by atoms with Crippen molar-refractivity contribution in [2.75, 3.05) is 0 Å². The van der Waals surface area contributed by atoms with Crippen molar-refractivity contribution in [3.05, 3.63) is 0 Å². The van der Waals surface area contributed by atoms with Crippen molar-refractivity contribution in [1.29, 1.82) is 5.53 Å². The van der Waals surface area contributed by atoms with E-state index >= 15 is 0 Å². The summed E-state index contributed by atoms with van der Waals surface area (Å²) < 4.78 is 0. The highest BCUT2D eigenvalue weighted by atomic mass is 16.4. The van der Waals surface area contributed by atoms with E-state index in [2.05, 4.69) is 4.79 Å². The normalized spacial score (nSPS) is 19.4. The predicted molar refractivity (Wildman–Crippen MR) is 44.6 cm³/mol. The largest absolute Gasteiger partial charge is 0.549 e. The highest BCUT2D eigenvalue weighted by Gasteiger charge is 2.42. The number of nitrogens with one attached hydrogen (secondary N) is 1. The molecule has 1 fully saturated rings. The first-order chi connectivity index (χ1) is 6.63. The highest BCUT2D eigenvalue weighted by Crippen LogP contribution is 2.36. The van der Waals surface area contributed by atoms with Crippen molar-refractivity contribution < 1.29 is 19.5 Å². The third-order valence-electron chi connectivity index (χ3n) is 2.75. The van der Waals surface area contributed by atoms with Crippen LogP contribution in [0.1, 0.15) is 32.1 Å². The molecule has 5 nitrogen and oxygen atoms in total. The quantitative estimate of drug-likeness (QED) is 0.287. The zero-order chi connectivity index (χ0) is 10.6. The Morgan fingerprint density at radius 3 is 2.29 bits per heavy atom. The van der Waals surface area contributed by atoms with Crippen molar-refractivity contribution in [3.8, 4) is 0 Å². The van der Waals surface area contributed by atoms with Gasteiger partial charge in [0.1, 0.15) is 0 Å². The molecule has 1 aliphatic rings. The van der Waals surface area contributed by atoms with Crippen LogP contribution in [0.4, 0.5) is 0 Å². The van der Waals surface area contributed by atoms with Gasteiger partial charge in [0.05, 0.1) is 21.7 Å². The molecule has 0 aliphatic heterocycles. The van der Waals surface area contributed by atoms with Crippen LogP contribution in [0, 0.1) is 10.9 Å². The van der Waals surface area contributed by atoms with E-state index in [1.54, 1.807) is 0 Å². The number of hydrogen-bond acceptors (Lipinski definition) is 4. The van der Waals surface area contributed by atoms with Gasteiger partial charge in [-0.25, -0.2) is 0 Å². The standard InChI is InChI=1S/C9H12N2O3/c10-11-6-7(12)9(8(13)14)4-2-1-3-5-9/h6,10H,1-5H2.